The molecule has 0 radical (unpaired) electrons. The van der Waals surface area contributed by atoms with Gasteiger partial charge in [-0.25, -0.2) is 9.97 Å². The summed E-state index contributed by atoms with van der Waals surface area (Å²) < 4.78 is 11.0. The van der Waals surface area contributed by atoms with Crippen LogP contribution in [0.3, 0.4) is 0 Å². The predicted molar refractivity (Wildman–Crippen MR) is 77.9 cm³/mol. The molecule has 1 heterocycles. The molecule has 1 unspecified atom stereocenters. The first-order valence-electron chi connectivity index (χ1n) is 6.00. The van der Waals surface area contributed by atoms with Crippen LogP contribution in [0.4, 0.5) is 0 Å². The number of rotatable bonds is 5. The maximum Gasteiger partial charge on any atom is 0.216 e. The molecule has 1 aromatic heterocycles. The summed E-state index contributed by atoms with van der Waals surface area (Å²) in [5.41, 5.74) is 1.46. The summed E-state index contributed by atoms with van der Waals surface area (Å²) in [6.07, 6.45) is 1.09. The van der Waals surface area contributed by atoms with Crippen molar-refractivity contribution in [2.75, 3.05) is 14.2 Å². The van der Waals surface area contributed by atoms with E-state index in [0.29, 0.717) is 23.7 Å². The average Bonchev–Trinajstić information content (AvgIpc) is 2.47. The van der Waals surface area contributed by atoms with Gasteiger partial charge in [0.15, 0.2) is 0 Å². The predicted octanol–water partition coefficient (Wildman–Crippen LogP) is 2.53. The minimum absolute atomic E-state index is 0.366. The van der Waals surface area contributed by atoms with E-state index >= 15 is 0 Å². The molecule has 0 amide bonds. The van der Waals surface area contributed by atoms with Crippen LogP contribution in [0.5, 0.6) is 11.6 Å². The van der Waals surface area contributed by atoms with Crippen molar-refractivity contribution in [2.45, 2.75) is 12.5 Å². The van der Waals surface area contributed by atoms with Crippen molar-refractivity contribution in [3.8, 4) is 11.6 Å². The topological polar surface area (TPSA) is 64.5 Å². The largest absolute Gasteiger partial charge is 0.497 e. The van der Waals surface area contributed by atoms with Gasteiger partial charge in [0.1, 0.15) is 12.1 Å². The fourth-order valence-electron chi connectivity index (χ4n) is 1.81. The summed E-state index contributed by atoms with van der Waals surface area (Å²) in [6.45, 7) is 0. The molecule has 1 N–H and O–H groups in total. The molecule has 0 saturated heterocycles. The van der Waals surface area contributed by atoms with Gasteiger partial charge in [-0.05, 0) is 23.8 Å². The molecule has 0 aliphatic heterocycles. The van der Waals surface area contributed by atoms with E-state index in [2.05, 4.69) is 25.9 Å². The lowest BCUT2D eigenvalue weighted by molar-refractivity contribution is 0.176. The van der Waals surface area contributed by atoms with E-state index in [4.69, 9.17) is 9.47 Å². The maximum absolute atomic E-state index is 10.4. The highest BCUT2D eigenvalue weighted by atomic mass is 79.9. The molecule has 106 valence electrons. The van der Waals surface area contributed by atoms with Gasteiger partial charge in [0.25, 0.3) is 0 Å². The van der Waals surface area contributed by atoms with Gasteiger partial charge in [-0.2, -0.15) is 0 Å². The average molecular weight is 339 g/mol. The molecule has 2 aromatic rings. The number of methoxy groups -OCH3 is 2. The highest BCUT2D eigenvalue weighted by molar-refractivity contribution is 9.10. The number of hydrogen-bond acceptors (Lipinski definition) is 5. The second kappa shape index (κ2) is 6.67. The molecule has 0 aliphatic carbocycles. The van der Waals surface area contributed by atoms with Crippen molar-refractivity contribution in [2.24, 2.45) is 0 Å². The summed E-state index contributed by atoms with van der Waals surface area (Å²) in [6, 6.07) is 7.18. The number of nitrogens with zero attached hydrogens (tertiary/aromatic N) is 2. The van der Waals surface area contributed by atoms with E-state index in [9.17, 15) is 5.11 Å². The first-order chi connectivity index (χ1) is 9.63. The van der Waals surface area contributed by atoms with Crippen LogP contribution < -0.4 is 9.47 Å². The lowest BCUT2D eigenvalue weighted by Crippen LogP contribution is -2.05. The van der Waals surface area contributed by atoms with Crippen LogP contribution in [-0.4, -0.2) is 29.3 Å². The third kappa shape index (κ3) is 3.46. The Balaban J connectivity index is 2.20. The van der Waals surface area contributed by atoms with Crippen molar-refractivity contribution in [3.63, 3.8) is 0 Å². The fraction of sp³-hybridized carbons (Fsp3) is 0.286. The number of aliphatic hydroxyl groups excluding tert-OH is 1. The van der Waals surface area contributed by atoms with E-state index in [1.54, 1.807) is 26.4 Å². The quantitative estimate of drug-likeness (QED) is 0.907. The molecule has 0 bridgehead atoms. The Hall–Kier alpha value is -1.66. The molecule has 20 heavy (non-hydrogen) atoms. The van der Waals surface area contributed by atoms with Crippen LogP contribution >= 0.6 is 15.9 Å². The van der Waals surface area contributed by atoms with Crippen LogP contribution in [0.2, 0.25) is 0 Å². The zero-order valence-corrected chi connectivity index (χ0v) is 12.8. The number of benzene rings is 1. The second-order valence-electron chi connectivity index (χ2n) is 4.16. The molecule has 2 rings (SSSR count). The fourth-order valence-corrected chi connectivity index (χ4v) is 2.32. The molecule has 0 aliphatic rings. The maximum atomic E-state index is 10.4. The van der Waals surface area contributed by atoms with Gasteiger partial charge >= 0.3 is 0 Å². The minimum Gasteiger partial charge on any atom is -0.497 e. The highest BCUT2D eigenvalue weighted by Crippen LogP contribution is 2.29. The lowest BCUT2D eigenvalue weighted by atomic mass is 10.0. The first kappa shape index (κ1) is 14.7. The van der Waals surface area contributed by atoms with Gasteiger partial charge in [0, 0.05) is 17.0 Å². The summed E-state index contributed by atoms with van der Waals surface area (Å²) in [5.74, 6) is 1.18. The van der Waals surface area contributed by atoms with Gasteiger partial charge in [-0.3, -0.25) is 0 Å². The van der Waals surface area contributed by atoms with Gasteiger partial charge in [-0.15, -0.1) is 0 Å². The Morgan fingerprint density at radius 1 is 1.20 bits per heavy atom. The minimum atomic E-state index is -0.695. The number of halogens is 1. The van der Waals surface area contributed by atoms with Crippen LogP contribution in [0, 0.1) is 0 Å². The Morgan fingerprint density at radius 2 is 2.00 bits per heavy atom. The number of hydrogen-bond donors (Lipinski definition) is 1. The molecule has 0 spiro atoms. The third-order valence-corrected chi connectivity index (χ3v) is 3.59. The molecular weight excluding hydrogens is 324 g/mol. The smallest absolute Gasteiger partial charge is 0.216 e. The van der Waals surface area contributed by atoms with Crippen LogP contribution in [0.15, 0.2) is 35.1 Å². The van der Waals surface area contributed by atoms with E-state index in [-0.39, 0.29) is 0 Å². The molecule has 1 aromatic carbocycles. The van der Waals surface area contributed by atoms with Crippen molar-refractivity contribution < 1.29 is 14.6 Å². The van der Waals surface area contributed by atoms with Gasteiger partial charge in [0.05, 0.1) is 26.0 Å². The van der Waals surface area contributed by atoms with Gasteiger partial charge in [-0.1, -0.05) is 15.9 Å². The van der Waals surface area contributed by atoms with Crippen LogP contribution in [-0.2, 0) is 6.42 Å². The van der Waals surface area contributed by atoms with Crippen molar-refractivity contribution in [1.29, 1.82) is 0 Å². The molecule has 0 fully saturated rings. The summed E-state index contributed by atoms with van der Waals surface area (Å²) in [4.78, 5) is 8.07. The number of aliphatic hydroxyl groups is 1. The van der Waals surface area contributed by atoms with E-state index in [0.717, 1.165) is 10.0 Å². The van der Waals surface area contributed by atoms with Crippen molar-refractivity contribution in [1.82, 2.24) is 9.97 Å². The molecule has 1 atom stereocenters. The number of aromatic nitrogens is 2. The Morgan fingerprint density at radius 3 is 2.70 bits per heavy atom. The monoisotopic (exact) mass is 338 g/mol. The first-order valence-corrected chi connectivity index (χ1v) is 6.79. The van der Waals surface area contributed by atoms with E-state index < -0.39 is 6.10 Å². The zero-order valence-electron chi connectivity index (χ0n) is 11.2. The Kier molecular flexibility index (Phi) is 4.92. The second-order valence-corrected chi connectivity index (χ2v) is 5.01. The van der Waals surface area contributed by atoms with Crippen LogP contribution in [0.1, 0.15) is 17.4 Å². The highest BCUT2D eigenvalue weighted by Gasteiger charge is 2.14. The molecule has 5 nitrogen and oxygen atoms in total. The Bertz CT molecular complexity index is 592. The van der Waals surface area contributed by atoms with Gasteiger partial charge < -0.3 is 14.6 Å². The summed E-state index contributed by atoms with van der Waals surface area (Å²) in [7, 11) is 3.13. The van der Waals surface area contributed by atoms with Gasteiger partial charge in [0.2, 0.25) is 5.88 Å². The number of ether oxygens (including phenoxy) is 2. The van der Waals surface area contributed by atoms with Crippen molar-refractivity contribution in [3.05, 3.63) is 46.3 Å². The summed E-state index contributed by atoms with van der Waals surface area (Å²) in [5, 5.41) is 10.4. The van der Waals surface area contributed by atoms with E-state index in [1.807, 2.05) is 12.1 Å². The molecule has 0 saturated carbocycles. The SMILES string of the molecule is COc1ccc(Br)c(C(O)Cc2cc(OC)ncn2)c1. The third-order valence-electron chi connectivity index (χ3n) is 2.87. The lowest BCUT2D eigenvalue weighted by Gasteiger charge is -2.14. The normalized spacial score (nSPS) is 12.0. The zero-order chi connectivity index (χ0) is 14.5. The standard InChI is InChI=1S/C14H15BrN2O3/c1-19-10-3-4-12(15)11(7-10)13(18)5-9-6-14(20-2)17-8-16-9/h3-4,6-8,13,18H,5H2,1-2H3. The van der Waals surface area contributed by atoms with Crippen LogP contribution in [0.25, 0.3) is 0 Å². The van der Waals surface area contributed by atoms with E-state index in [1.165, 1.54) is 6.33 Å². The molecular formula is C14H15BrN2O3. The Labute approximate surface area is 125 Å². The summed E-state index contributed by atoms with van der Waals surface area (Å²) >= 11 is 3.43. The molecule has 6 heteroatoms. The van der Waals surface area contributed by atoms with Crippen molar-refractivity contribution >= 4 is 15.9 Å².